The van der Waals surface area contributed by atoms with Crippen LogP contribution in [0.15, 0.2) is 78.9 Å². The highest BCUT2D eigenvalue weighted by atomic mass is 16.5. The molecule has 1 N–H and O–H groups in total. The third-order valence-electron chi connectivity index (χ3n) is 6.27. The van der Waals surface area contributed by atoms with Gasteiger partial charge in [-0.15, -0.1) is 0 Å². The summed E-state index contributed by atoms with van der Waals surface area (Å²) >= 11 is 0. The molecular formula is C28H31N3O4. The standard InChI is InChI=1S/C28H31N3O4/c1-30(2)23-16-17-31(19-23)28(33)29-22-14-15-25(24(18-22)27(32)34-3)35-26(20-10-6-4-7-11-20)21-12-8-5-9-13-21/h4-15,18,23,26H,16-17,19H2,1-3H3,(H,29,33). The summed E-state index contributed by atoms with van der Waals surface area (Å²) in [5, 5.41) is 2.91. The largest absolute Gasteiger partial charge is 0.480 e. The van der Waals surface area contributed by atoms with Crippen molar-refractivity contribution in [3.8, 4) is 5.75 Å². The van der Waals surface area contributed by atoms with Gasteiger partial charge in [-0.25, -0.2) is 9.59 Å². The maximum atomic E-state index is 12.8. The molecule has 3 aromatic rings. The lowest BCUT2D eigenvalue weighted by atomic mass is 10.0. The lowest BCUT2D eigenvalue weighted by molar-refractivity contribution is 0.0594. The number of nitrogens with zero attached hydrogens (tertiary/aromatic N) is 2. The molecule has 7 nitrogen and oxygen atoms in total. The molecule has 1 heterocycles. The monoisotopic (exact) mass is 473 g/mol. The van der Waals surface area contributed by atoms with Crippen molar-refractivity contribution in [1.82, 2.24) is 9.80 Å². The lowest BCUT2D eigenvalue weighted by Crippen LogP contribution is -2.36. The summed E-state index contributed by atoms with van der Waals surface area (Å²) < 4.78 is 11.4. The van der Waals surface area contributed by atoms with Crippen molar-refractivity contribution in [3.63, 3.8) is 0 Å². The first kappa shape index (κ1) is 24.3. The van der Waals surface area contributed by atoms with Gasteiger partial charge in [0.1, 0.15) is 17.4 Å². The Bertz CT molecular complexity index is 1110. The number of nitrogens with one attached hydrogen (secondary N) is 1. The van der Waals surface area contributed by atoms with E-state index in [1.54, 1.807) is 23.1 Å². The number of hydrogen-bond acceptors (Lipinski definition) is 5. The molecular weight excluding hydrogens is 442 g/mol. The SMILES string of the molecule is COC(=O)c1cc(NC(=O)N2CCC(N(C)C)C2)ccc1OC(c1ccccc1)c1ccccc1. The molecule has 182 valence electrons. The Balaban J connectivity index is 1.59. The number of anilines is 1. The summed E-state index contributed by atoms with van der Waals surface area (Å²) in [6.45, 7) is 1.36. The van der Waals surface area contributed by atoms with Crippen molar-refractivity contribution >= 4 is 17.7 Å². The zero-order chi connectivity index (χ0) is 24.8. The fraction of sp³-hybridized carbons (Fsp3) is 0.286. The Hall–Kier alpha value is -3.84. The average Bonchev–Trinajstić information content (AvgIpc) is 3.39. The molecule has 0 bridgehead atoms. The van der Waals surface area contributed by atoms with E-state index in [0.717, 1.165) is 17.5 Å². The summed E-state index contributed by atoms with van der Waals surface area (Å²) in [5.41, 5.74) is 2.66. The van der Waals surface area contributed by atoms with E-state index in [1.165, 1.54) is 7.11 Å². The number of likely N-dealkylation sites (tertiary alicyclic amines) is 1. The molecule has 2 amide bonds. The minimum atomic E-state index is -0.537. The number of carbonyl (C=O) groups excluding carboxylic acids is 2. The van der Waals surface area contributed by atoms with Crippen LogP contribution in [0.2, 0.25) is 0 Å². The molecule has 1 unspecified atom stereocenters. The number of rotatable bonds is 7. The van der Waals surface area contributed by atoms with E-state index >= 15 is 0 Å². The van der Waals surface area contributed by atoms with Crippen LogP contribution in [0.25, 0.3) is 0 Å². The summed E-state index contributed by atoms with van der Waals surface area (Å²) in [6.07, 6.45) is 0.509. The van der Waals surface area contributed by atoms with Crippen molar-refractivity contribution in [3.05, 3.63) is 95.6 Å². The lowest BCUT2D eigenvalue weighted by Gasteiger charge is -2.23. The number of likely N-dealkylation sites (N-methyl/N-ethyl adjacent to an activating group) is 1. The normalized spacial score (nSPS) is 15.3. The predicted octanol–water partition coefficient (Wildman–Crippen LogP) is 4.81. The fourth-order valence-corrected chi connectivity index (χ4v) is 4.24. The molecule has 0 aliphatic carbocycles. The van der Waals surface area contributed by atoms with E-state index in [-0.39, 0.29) is 11.6 Å². The first-order valence-electron chi connectivity index (χ1n) is 11.7. The number of esters is 1. The number of hydrogen-bond donors (Lipinski definition) is 1. The molecule has 1 aliphatic rings. The highest BCUT2D eigenvalue weighted by Gasteiger charge is 2.28. The van der Waals surface area contributed by atoms with Crippen LogP contribution in [-0.2, 0) is 4.74 Å². The van der Waals surface area contributed by atoms with Gasteiger partial charge in [-0.05, 0) is 49.8 Å². The van der Waals surface area contributed by atoms with Crippen LogP contribution in [0.5, 0.6) is 5.75 Å². The number of amides is 2. The second kappa shape index (κ2) is 11.1. The third-order valence-corrected chi connectivity index (χ3v) is 6.27. The Morgan fingerprint density at radius 1 is 0.971 bits per heavy atom. The molecule has 0 radical (unpaired) electrons. The van der Waals surface area contributed by atoms with Gasteiger partial charge in [0, 0.05) is 24.8 Å². The first-order chi connectivity index (χ1) is 17.0. The van der Waals surface area contributed by atoms with Crippen molar-refractivity contribution in [1.29, 1.82) is 0 Å². The Morgan fingerprint density at radius 3 is 2.14 bits per heavy atom. The Kier molecular flexibility index (Phi) is 7.67. The van der Waals surface area contributed by atoms with Crippen LogP contribution in [-0.4, -0.2) is 62.1 Å². The van der Waals surface area contributed by atoms with Gasteiger partial charge in [-0.1, -0.05) is 60.7 Å². The molecule has 4 rings (SSSR count). The van der Waals surface area contributed by atoms with Gasteiger partial charge in [-0.2, -0.15) is 0 Å². The van der Waals surface area contributed by atoms with Gasteiger partial charge in [0.05, 0.1) is 7.11 Å². The molecule has 1 saturated heterocycles. The quantitative estimate of drug-likeness (QED) is 0.499. The summed E-state index contributed by atoms with van der Waals surface area (Å²) in [6, 6.07) is 24.9. The second-order valence-electron chi connectivity index (χ2n) is 8.80. The van der Waals surface area contributed by atoms with Gasteiger partial charge in [-0.3, -0.25) is 0 Å². The van der Waals surface area contributed by atoms with Gasteiger partial charge < -0.3 is 24.6 Å². The molecule has 1 atom stereocenters. The molecule has 0 spiro atoms. The zero-order valence-corrected chi connectivity index (χ0v) is 20.3. The van der Waals surface area contributed by atoms with Crippen LogP contribution >= 0.6 is 0 Å². The van der Waals surface area contributed by atoms with Crippen molar-refractivity contribution in [2.75, 3.05) is 39.6 Å². The fourth-order valence-electron chi connectivity index (χ4n) is 4.24. The van der Waals surface area contributed by atoms with Crippen molar-refractivity contribution in [2.24, 2.45) is 0 Å². The van der Waals surface area contributed by atoms with E-state index in [0.29, 0.717) is 30.6 Å². The van der Waals surface area contributed by atoms with Crippen LogP contribution < -0.4 is 10.1 Å². The molecule has 1 fully saturated rings. The number of urea groups is 1. The maximum Gasteiger partial charge on any atom is 0.341 e. The molecule has 35 heavy (non-hydrogen) atoms. The molecule has 3 aromatic carbocycles. The highest BCUT2D eigenvalue weighted by Crippen LogP contribution is 2.32. The summed E-state index contributed by atoms with van der Waals surface area (Å²) in [7, 11) is 5.37. The topological polar surface area (TPSA) is 71.1 Å². The number of methoxy groups -OCH3 is 1. The van der Waals surface area contributed by atoms with Gasteiger partial charge >= 0.3 is 12.0 Å². The summed E-state index contributed by atoms with van der Waals surface area (Å²) in [5.74, 6) is -0.161. The average molecular weight is 474 g/mol. The van der Waals surface area contributed by atoms with Gasteiger partial charge in [0.25, 0.3) is 0 Å². The van der Waals surface area contributed by atoms with Crippen LogP contribution in [0.1, 0.15) is 34.0 Å². The van der Waals surface area contributed by atoms with E-state index in [4.69, 9.17) is 9.47 Å². The minimum absolute atomic E-state index is 0.190. The predicted molar refractivity (Wildman–Crippen MR) is 136 cm³/mol. The van der Waals surface area contributed by atoms with Crippen LogP contribution in [0.4, 0.5) is 10.5 Å². The molecule has 0 aromatic heterocycles. The van der Waals surface area contributed by atoms with Crippen LogP contribution in [0, 0.1) is 0 Å². The van der Waals surface area contributed by atoms with Crippen molar-refractivity contribution in [2.45, 2.75) is 18.6 Å². The minimum Gasteiger partial charge on any atom is -0.480 e. The van der Waals surface area contributed by atoms with Gasteiger partial charge in [0.15, 0.2) is 0 Å². The number of benzene rings is 3. The van der Waals surface area contributed by atoms with E-state index in [2.05, 4.69) is 10.2 Å². The third kappa shape index (κ3) is 5.81. The smallest absolute Gasteiger partial charge is 0.341 e. The highest BCUT2D eigenvalue weighted by molar-refractivity contribution is 5.96. The number of ether oxygens (including phenoxy) is 2. The summed E-state index contributed by atoms with van der Waals surface area (Å²) in [4.78, 5) is 29.4. The Morgan fingerprint density at radius 2 is 1.60 bits per heavy atom. The first-order valence-corrected chi connectivity index (χ1v) is 11.7. The van der Waals surface area contributed by atoms with Crippen molar-refractivity contribution < 1.29 is 19.1 Å². The molecule has 7 heteroatoms. The van der Waals surface area contributed by atoms with Crippen LogP contribution in [0.3, 0.4) is 0 Å². The van der Waals surface area contributed by atoms with E-state index in [1.807, 2.05) is 74.8 Å². The number of carbonyl (C=O) groups is 2. The van der Waals surface area contributed by atoms with E-state index in [9.17, 15) is 9.59 Å². The van der Waals surface area contributed by atoms with E-state index < -0.39 is 12.1 Å². The Labute approximate surface area is 206 Å². The molecule has 1 aliphatic heterocycles. The zero-order valence-electron chi connectivity index (χ0n) is 20.3. The maximum absolute atomic E-state index is 12.8. The second-order valence-corrected chi connectivity index (χ2v) is 8.80. The van der Waals surface area contributed by atoms with Gasteiger partial charge in [0.2, 0.25) is 0 Å². The molecule has 0 saturated carbocycles.